The van der Waals surface area contributed by atoms with Gasteiger partial charge >= 0.3 is 6.18 Å². The van der Waals surface area contributed by atoms with Crippen molar-refractivity contribution in [3.05, 3.63) is 11.8 Å². The molecule has 0 aromatic rings. The number of nitrogens with one attached hydrogen (secondary N) is 1. The predicted octanol–water partition coefficient (Wildman–Crippen LogP) is 3.90. The first kappa shape index (κ1) is 22.7. The lowest BCUT2D eigenvalue weighted by molar-refractivity contribution is -0.148. The summed E-state index contributed by atoms with van der Waals surface area (Å²) in [4.78, 5) is 17.8. The van der Waals surface area contributed by atoms with Gasteiger partial charge in [-0.25, -0.2) is 0 Å². The van der Waals surface area contributed by atoms with E-state index >= 15 is 0 Å². The van der Waals surface area contributed by atoms with Gasteiger partial charge in [0, 0.05) is 11.8 Å². The summed E-state index contributed by atoms with van der Waals surface area (Å²) in [6.45, 7) is 6.39. The summed E-state index contributed by atoms with van der Waals surface area (Å²) >= 11 is 0. The Kier molecular flexibility index (Phi) is 7.92. The molecule has 160 valence electrons. The number of dihydropyridines is 1. The molecule has 0 radical (unpaired) electrons. The molecule has 0 saturated carbocycles. The molecule has 1 unspecified atom stereocenters. The number of aliphatic imine (C=N–C) groups is 1. The number of alkyl halides is 3. The molecule has 2 heterocycles. The molecule has 0 spiro atoms. The Morgan fingerprint density at radius 2 is 1.96 bits per heavy atom. The molecule has 0 aliphatic carbocycles. The summed E-state index contributed by atoms with van der Waals surface area (Å²) < 4.78 is 42.9. The van der Waals surface area contributed by atoms with Crippen molar-refractivity contribution in [2.75, 3.05) is 26.2 Å². The number of rotatable bonds is 7. The fourth-order valence-electron chi connectivity index (χ4n) is 3.31. The van der Waals surface area contributed by atoms with E-state index in [-0.39, 0.29) is 12.1 Å². The summed E-state index contributed by atoms with van der Waals surface area (Å²) in [7, 11) is 0. The zero-order chi connectivity index (χ0) is 20.8. The summed E-state index contributed by atoms with van der Waals surface area (Å²) in [5.41, 5.74) is -0.446. The Balaban J connectivity index is 1.58. The number of hydrogen-bond acceptors (Lipinski definition) is 4. The average molecular weight is 403 g/mol. The first-order chi connectivity index (χ1) is 13.0. The van der Waals surface area contributed by atoms with Crippen LogP contribution in [0.4, 0.5) is 13.2 Å². The highest BCUT2D eigenvalue weighted by Gasteiger charge is 2.32. The predicted molar refractivity (Wildman–Crippen MR) is 103 cm³/mol. The van der Waals surface area contributed by atoms with Gasteiger partial charge in [-0.15, -0.1) is 0 Å². The number of piperidine rings is 1. The van der Waals surface area contributed by atoms with E-state index in [9.17, 15) is 18.0 Å². The Labute approximate surface area is 165 Å². The molecule has 8 heteroatoms. The maximum atomic E-state index is 12.4. The minimum Gasteiger partial charge on any atom is -0.492 e. The molecule has 1 fully saturated rings. The summed E-state index contributed by atoms with van der Waals surface area (Å²) in [6.07, 6.45) is 3.29. The van der Waals surface area contributed by atoms with Crippen LogP contribution in [0.3, 0.4) is 0 Å². The normalized spacial score (nSPS) is 22.1. The highest BCUT2D eigenvalue weighted by molar-refractivity contribution is 5.82. The standard InChI is InChI=1S/C20H32F3N3O2/c1-19(2,3)18(27)25-17-7-6-16(13-24-17)28-12-4-5-15-8-10-26(11-9-15)14-20(21,22)23/h6,13,15,17H,4-5,7-12,14H2,1-3H3,(H,25,27). The van der Waals surface area contributed by atoms with Gasteiger partial charge in [0.05, 0.1) is 19.4 Å². The summed E-state index contributed by atoms with van der Waals surface area (Å²) in [5.74, 6) is 1.15. The second kappa shape index (κ2) is 9.76. The zero-order valence-electron chi connectivity index (χ0n) is 17.0. The monoisotopic (exact) mass is 403 g/mol. The van der Waals surface area contributed by atoms with E-state index < -0.39 is 18.1 Å². The lowest BCUT2D eigenvalue weighted by Gasteiger charge is -2.32. The minimum absolute atomic E-state index is 0.0336. The van der Waals surface area contributed by atoms with Crippen molar-refractivity contribution in [2.45, 2.75) is 65.2 Å². The van der Waals surface area contributed by atoms with Crippen molar-refractivity contribution in [3.8, 4) is 0 Å². The van der Waals surface area contributed by atoms with Crippen molar-refractivity contribution in [1.82, 2.24) is 10.2 Å². The largest absolute Gasteiger partial charge is 0.492 e. The van der Waals surface area contributed by atoms with Gasteiger partial charge in [-0.2, -0.15) is 13.2 Å². The zero-order valence-corrected chi connectivity index (χ0v) is 17.0. The van der Waals surface area contributed by atoms with E-state index in [4.69, 9.17) is 4.74 Å². The molecule has 1 N–H and O–H groups in total. The van der Waals surface area contributed by atoms with Crippen molar-refractivity contribution >= 4 is 12.1 Å². The van der Waals surface area contributed by atoms with Crippen molar-refractivity contribution < 1.29 is 22.7 Å². The number of hydrogen-bond donors (Lipinski definition) is 1. The Bertz CT molecular complexity index is 574. The van der Waals surface area contributed by atoms with Crippen LogP contribution in [0.2, 0.25) is 0 Å². The molecule has 1 atom stereocenters. The molecule has 28 heavy (non-hydrogen) atoms. The molecule has 2 rings (SSSR count). The van der Waals surface area contributed by atoms with Crippen LogP contribution < -0.4 is 5.32 Å². The van der Waals surface area contributed by atoms with Crippen LogP contribution in [0.15, 0.2) is 16.8 Å². The molecule has 2 aliphatic rings. The van der Waals surface area contributed by atoms with Crippen molar-refractivity contribution in [1.29, 1.82) is 0 Å². The van der Waals surface area contributed by atoms with E-state index in [1.807, 2.05) is 26.8 Å². The molecule has 1 amide bonds. The molecule has 0 aromatic heterocycles. The van der Waals surface area contributed by atoms with E-state index in [0.29, 0.717) is 37.8 Å². The van der Waals surface area contributed by atoms with E-state index in [0.717, 1.165) is 25.7 Å². The Morgan fingerprint density at radius 1 is 1.29 bits per heavy atom. The first-order valence-corrected chi connectivity index (χ1v) is 9.99. The number of likely N-dealkylation sites (tertiary alicyclic amines) is 1. The smallest absolute Gasteiger partial charge is 0.401 e. The Hall–Kier alpha value is -1.57. The fraction of sp³-hybridized carbons (Fsp3) is 0.800. The van der Waals surface area contributed by atoms with Gasteiger partial charge < -0.3 is 10.1 Å². The van der Waals surface area contributed by atoms with Crippen molar-refractivity contribution in [2.24, 2.45) is 16.3 Å². The van der Waals surface area contributed by atoms with Gasteiger partial charge in [-0.3, -0.25) is 14.7 Å². The SMILES string of the molecule is CC(C)(C)C(=O)NC1CC=C(OCCCC2CCN(CC(F)(F)F)CC2)C=N1. The maximum absolute atomic E-state index is 12.4. The van der Waals surface area contributed by atoms with Crippen LogP contribution in [0.25, 0.3) is 0 Å². The van der Waals surface area contributed by atoms with Crippen LogP contribution in [-0.4, -0.2) is 55.6 Å². The molecular weight excluding hydrogens is 371 g/mol. The van der Waals surface area contributed by atoms with Crippen LogP contribution in [0.5, 0.6) is 0 Å². The third kappa shape index (κ3) is 8.20. The van der Waals surface area contributed by atoms with E-state index in [2.05, 4.69) is 10.3 Å². The van der Waals surface area contributed by atoms with E-state index in [1.54, 1.807) is 6.21 Å². The topological polar surface area (TPSA) is 53.9 Å². The van der Waals surface area contributed by atoms with Crippen LogP contribution in [0, 0.1) is 11.3 Å². The third-order valence-corrected chi connectivity index (χ3v) is 5.04. The van der Waals surface area contributed by atoms with Crippen LogP contribution in [0.1, 0.15) is 52.9 Å². The molecule has 5 nitrogen and oxygen atoms in total. The van der Waals surface area contributed by atoms with Gasteiger partial charge in [0.15, 0.2) is 0 Å². The molecule has 2 aliphatic heterocycles. The van der Waals surface area contributed by atoms with Crippen molar-refractivity contribution in [3.63, 3.8) is 0 Å². The third-order valence-electron chi connectivity index (χ3n) is 5.04. The number of ether oxygens (including phenoxy) is 1. The maximum Gasteiger partial charge on any atom is 0.401 e. The molecule has 0 bridgehead atoms. The van der Waals surface area contributed by atoms with Gasteiger partial charge in [0.1, 0.15) is 11.9 Å². The lowest BCUT2D eigenvalue weighted by Crippen LogP contribution is -2.41. The second-order valence-corrected chi connectivity index (χ2v) is 8.69. The van der Waals surface area contributed by atoms with Gasteiger partial charge in [-0.05, 0) is 50.8 Å². The molecule has 1 saturated heterocycles. The second-order valence-electron chi connectivity index (χ2n) is 8.69. The number of carbonyl (C=O) groups excluding carboxylic acids is 1. The molecule has 0 aromatic carbocycles. The molecular formula is C20H32F3N3O2. The lowest BCUT2D eigenvalue weighted by atomic mass is 9.92. The first-order valence-electron chi connectivity index (χ1n) is 9.99. The number of carbonyl (C=O) groups is 1. The van der Waals surface area contributed by atoms with Gasteiger partial charge in [0.25, 0.3) is 0 Å². The van der Waals surface area contributed by atoms with Gasteiger partial charge in [0.2, 0.25) is 5.91 Å². The number of nitrogens with zero attached hydrogens (tertiary/aromatic N) is 2. The van der Waals surface area contributed by atoms with Gasteiger partial charge in [-0.1, -0.05) is 20.8 Å². The quantitative estimate of drug-likeness (QED) is 0.656. The Morgan fingerprint density at radius 3 is 2.50 bits per heavy atom. The number of halogens is 3. The number of allylic oxidation sites excluding steroid dienone is 1. The fourth-order valence-corrected chi connectivity index (χ4v) is 3.31. The minimum atomic E-state index is -4.11. The average Bonchev–Trinajstić information content (AvgIpc) is 2.59. The highest BCUT2D eigenvalue weighted by Crippen LogP contribution is 2.25. The van der Waals surface area contributed by atoms with Crippen LogP contribution >= 0.6 is 0 Å². The van der Waals surface area contributed by atoms with Crippen LogP contribution in [-0.2, 0) is 9.53 Å². The number of amides is 1. The summed E-state index contributed by atoms with van der Waals surface area (Å²) in [6, 6.07) is 0. The highest BCUT2D eigenvalue weighted by atomic mass is 19.4. The van der Waals surface area contributed by atoms with E-state index in [1.165, 1.54) is 4.90 Å². The summed E-state index contributed by atoms with van der Waals surface area (Å²) in [5, 5.41) is 2.90.